The molecule has 2 unspecified atom stereocenters. The van der Waals surface area contributed by atoms with E-state index in [4.69, 9.17) is 12.3 Å². The van der Waals surface area contributed by atoms with Gasteiger partial charge in [-0.1, -0.05) is 13.5 Å². The average molecular weight is 533 g/mol. The van der Waals surface area contributed by atoms with Gasteiger partial charge in [0.15, 0.2) is 44.7 Å². The number of hydrogen-bond donors (Lipinski definition) is 0. The SMILES string of the molecule is C[SiH2]O[SiH2][SiH2]O[Si](C)([SiH2]O[SiH](C)C)C(C)C(F)(F)C(F)(F)C(F)(F)C(F)(F)F. The smallest absolute Gasteiger partial charge is 0.460 e. The van der Waals surface area contributed by atoms with E-state index in [1.807, 2.05) is 6.55 Å². The molecule has 0 aromatic carbocycles. The van der Waals surface area contributed by atoms with E-state index in [1.165, 1.54) is 6.55 Å². The van der Waals surface area contributed by atoms with Crippen molar-refractivity contribution >= 4 is 54.5 Å². The average Bonchev–Trinajstić information content (AvgIpc) is 2.54. The third-order valence-electron chi connectivity index (χ3n) is 4.20. The molecule has 0 saturated heterocycles. The Morgan fingerprint density at radius 2 is 1.39 bits per heavy atom. The zero-order valence-corrected chi connectivity index (χ0v) is 23.9. The van der Waals surface area contributed by atoms with Crippen LogP contribution in [0.25, 0.3) is 0 Å². The van der Waals surface area contributed by atoms with Crippen molar-refractivity contribution in [3.63, 3.8) is 0 Å². The van der Waals surface area contributed by atoms with Crippen LogP contribution in [0.3, 0.4) is 0 Å². The van der Waals surface area contributed by atoms with Gasteiger partial charge in [0, 0.05) is 5.54 Å². The summed E-state index contributed by atoms with van der Waals surface area (Å²) in [6.07, 6.45) is -6.82. The predicted molar refractivity (Wildman–Crippen MR) is 104 cm³/mol. The molecule has 0 amide bonds. The maximum absolute atomic E-state index is 14.4. The summed E-state index contributed by atoms with van der Waals surface area (Å²) in [7, 11) is -10.9. The van der Waals surface area contributed by atoms with Gasteiger partial charge in [-0.25, -0.2) is 0 Å². The summed E-state index contributed by atoms with van der Waals surface area (Å²) in [5, 5.41) is 0. The molecule has 0 radical (unpaired) electrons. The minimum absolute atomic E-state index is 0.566. The Morgan fingerprint density at radius 1 is 0.893 bits per heavy atom. The molecule has 0 saturated carbocycles. The summed E-state index contributed by atoms with van der Waals surface area (Å²) in [6, 6.07) is 0. The summed E-state index contributed by atoms with van der Waals surface area (Å²) < 4.78 is 136. The second-order valence-electron chi connectivity index (χ2n) is 6.71. The van der Waals surface area contributed by atoms with Gasteiger partial charge in [0.2, 0.25) is 0 Å². The van der Waals surface area contributed by atoms with Crippen molar-refractivity contribution in [2.24, 2.45) is 0 Å². The standard InChI is InChI=1S/C10H25F9O3Si6/c1-6(7(11,12)8(13,14)9(15,16)10(17,18)19)28(5,26-21-27(3)4)22-25-24-20-23-2/h6,27H,23-26H2,1-5H3. The van der Waals surface area contributed by atoms with Crippen LogP contribution in [-0.4, -0.2) is 78.4 Å². The second kappa shape index (κ2) is 10.2. The van der Waals surface area contributed by atoms with E-state index >= 15 is 0 Å². The Balaban J connectivity index is 5.87. The first kappa shape index (κ1) is 28.6. The quantitative estimate of drug-likeness (QED) is 0.215. The lowest BCUT2D eigenvalue weighted by Crippen LogP contribution is -2.66. The van der Waals surface area contributed by atoms with Crippen LogP contribution in [0.2, 0.25) is 31.7 Å². The Morgan fingerprint density at radius 3 is 1.79 bits per heavy atom. The van der Waals surface area contributed by atoms with Gasteiger partial charge >= 0.3 is 23.9 Å². The van der Waals surface area contributed by atoms with Crippen molar-refractivity contribution in [3.8, 4) is 0 Å². The number of halogens is 9. The molecule has 0 spiro atoms. The van der Waals surface area contributed by atoms with Crippen LogP contribution in [0.5, 0.6) is 0 Å². The maximum Gasteiger partial charge on any atom is 0.460 e. The van der Waals surface area contributed by atoms with Crippen molar-refractivity contribution in [2.45, 2.75) is 62.6 Å². The van der Waals surface area contributed by atoms with E-state index in [-0.39, 0.29) is 0 Å². The zero-order chi connectivity index (χ0) is 22.6. The van der Waals surface area contributed by atoms with Crippen LogP contribution in [0.15, 0.2) is 0 Å². The molecule has 2 atom stereocenters. The Hall–Kier alpha value is 0.551. The summed E-state index contributed by atoms with van der Waals surface area (Å²) >= 11 is 0. The molecule has 0 heterocycles. The monoisotopic (exact) mass is 532 g/mol. The van der Waals surface area contributed by atoms with Crippen molar-refractivity contribution in [1.82, 2.24) is 0 Å². The fourth-order valence-corrected chi connectivity index (χ4v) is 31.9. The normalized spacial score (nSPS) is 19.4. The lowest BCUT2D eigenvalue weighted by molar-refractivity contribution is -0.396. The Kier molecular flexibility index (Phi) is 10.4. The second-order valence-corrected chi connectivity index (χ2v) is 25.6. The minimum atomic E-state index is -6.88. The first-order chi connectivity index (χ1) is 12.4. The van der Waals surface area contributed by atoms with Gasteiger partial charge in [-0.2, -0.15) is 39.5 Å². The van der Waals surface area contributed by atoms with Gasteiger partial charge in [-0.15, -0.1) is 0 Å². The molecule has 0 aliphatic heterocycles. The first-order valence-corrected chi connectivity index (χ1v) is 23.7. The number of hydrogen-bond acceptors (Lipinski definition) is 3. The van der Waals surface area contributed by atoms with Crippen molar-refractivity contribution < 1.29 is 51.9 Å². The minimum Gasteiger partial charge on any atom is -0.466 e. The molecule has 0 rings (SSSR count). The molecule has 0 aromatic heterocycles. The predicted octanol–water partition coefficient (Wildman–Crippen LogP) is 1.25. The van der Waals surface area contributed by atoms with Gasteiger partial charge in [0.05, 0.1) is 0 Å². The molecular formula is C10H25F9O3Si6. The summed E-state index contributed by atoms with van der Waals surface area (Å²) in [5.41, 5.74) is -2.48. The highest BCUT2D eigenvalue weighted by molar-refractivity contribution is 7.22. The highest BCUT2D eigenvalue weighted by Gasteiger charge is 2.83. The summed E-state index contributed by atoms with van der Waals surface area (Å²) in [4.78, 5) is 0. The van der Waals surface area contributed by atoms with E-state index in [0.717, 1.165) is 0 Å². The van der Waals surface area contributed by atoms with Crippen molar-refractivity contribution in [2.75, 3.05) is 0 Å². The largest absolute Gasteiger partial charge is 0.466 e. The molecule has 18 heteroatoms. The molecular weight excluding hydrogens is 508 g/mol. The molecule has 0 aromatic rings. The fourth-order valence-electron chi connectivity index (χ4n) is 2.14. The number of rotatable bonds is 12. The van der Waals surface area contributed by atoms with Crippen LogP contribution < -0.4 is 0 Å². The topological polar surface area (TPSA) is 27.7 Å². The highest BCUT2D eigenvalue weighted by Crippen LogP contribution is 2.57. The van der Waals surface area contributed by atoms with Gasteiger partial charge in [0.25, 0.3) is 0 Å². The third-order valence-corrected chi connectivity index (χ3v) is 28.5. The van der Waals surface area contributed by atoms with Crippen LogP contribution >= 0.6 is 0 Å². The van der Waals surface area contributed by atoms with Gasteiger partial charge < -0.3 is 12.3 Å². The fraction of sp³-hybridized carbons (Fsp3) is 1.00. The van der Waals surface area contributed by atoms with Gasteiger partial charge in [-0.3, -0.25) is 0 Å². The molecule has 0 N–H and O–H groups in total. The van der Waals surface area contributed by atoms with Crippen LogP contribution in [0.4, 0.5) is 39.5 Å². The molecule has 0 fully saturated rings. The first-order valence-electron chi connectivity index (χ1n) is 8.42. The lowest BCUT2D eigenvalue weighted by atomic mass is 10.0. The van der Waals surface area contributed by atoms with Crippen LogP contribution in [0.1, 0.15) is 6.92 Å². The third kappa shape index (κ3) is 6.28. The lowest BCUT2D eigenvalue weighted by Gasteiger charge is -2.42. The maximum atomic E-state index is 14.4. The van der Waals surface area contributed by atoms with Gasteiger partial charge in [0.1, 0.15) is 9.76 Å². The molecule has 0 aliphatic carbocycles. The highest BCUT2D eigenvalue weighted by atomic mass is 29.2. The van der Waals surface area contributed by atoms with Crippen LogP contribution in [-0.2, 0) is 12.3 Å². The summed E-state index contributed by atoms with van der Waals surface area (Å²) in [5.74, 6) is -19.1. The Bertz CT molecular complexity index is 496. The van der Waals surface area contributed by atoms with Crippen molar-refractivity contribution in [3.05, 3.63) is 0 Å². The van der Waals surface area contributed by atoms with E-state index in [9.17, 15) is 39.5 Å². The summed E-state index contributed by atoms with van der Waals surface area (Å²) in [6.45, 7) is 6.97. The zero-order valence-electron chi connectivity index (χ0n) is 16.1. The molecule has 0 bridgehead atoms. The van der Waals surface area contributed by atoms with E-state index in [1.54, 1.807) is 13.1 Å². The molecule has 3 nitrogen and oxygen atoms in total. The van der Waals surface area contributed by atoms with E-state index in [0.29, 0.717) is 6.92 Å². The van der Waals surface area contributed by atoms with Crippen LogP contribution in [0, 0.1) is 0 Å². The van der Waals surface area contributed by atoms with E-state index in [2.05, 4.69) is 0 Å². The van der Waals surface area contributed by atoms with Gasteiger partial charge in [-0.05, 0) is 19.6 Å². The molecule has 170 valence electrons. The van der Waals surface area contributed by atoms with Crippen molar-refractivity contribution in [1.29, 1.82) is 0 Å². The molecule has 28 heavy (non-hydrogen) atoms. The molecule has 0 aliphatic rings. The van der Waals surface area contributed by atoms with E-state index < -0.39 is 84.0 Å². The number of alkyl halides is 9. The Labute approximate surface area is 169 Å².